The Morgan fingerprint density at radius 1 is 1.14 bits per heavy atom. The summed E-state index contributed by atoms with van der Waals surface area (Å²) in [6.45, 7) is 0. The molecule has 21 heavy (non-hydrogen) atoms. The largest absolute Gasteiger partial charge is 0.365 e. The van der Waals surface area contributed by atoms with Crippen molar-refractivity contribution in [3.63, 3.8) is 0 Å². The molecule has 0 aliphatic rings. The molecule has 1 N–H and O–H groups in total. The molecular formula is C16H15N3OS. The molecule has 2 heterocycles. The number of nitrogens with one attached hydrogen (secondary N) is 1. The van der Waals surface area contributed by atoms with E-state index in [0.29, 0.717) is 11.3 Å². The fourth-order valence-corrected chi connectivity index (χ4v) is 2.91. The van der Waals surface area contributed by atoms with Gasteiger partial charge in [0.25, 0.3) is 5.56 Å². The van der Waals surface area contributed by atoms with Gasteiger partial charge in [-0.25, -0.2) is 4.98 Å². The molecule has 0 saturated carbocycles. The van der Waals surface area contributed by atoms with Gasteiger partial charge >= 0.3 is 0 Å². The molecule has 3 aromatic rings. The molecule has 1 aromatic carbocycles. The van der Waals surface area contributed by atoms with Gasteiger partial charge < -0.3 is 9.88 Å². The lowest BCUT2D eigenvalue weighted by atomic mass is 10.1. The molecule has 0 bridgehead atoms. The van der Waals surface area contributed by atoms with Crippen molar-refractivity contribution in [1.29, 1.82) is 0 Å². The third-order valence-corrected chi connectivity index (χ3v) is 4.23. The maximum Gasteiger partial charge on any atom is 0.260 e. The van der Waals surface area contributed by atoms with Gasteiger partial charge in [0.05, 0.1) is 17.0 Å². The van der Waals surface area contributed by atoms with Crippen LogP contribution in [0.25, 0.3) is 22.5 Å². The van der Waals surface area contributed by atoms with Gasteiger partial charge in [-0.2, -0.15) is 0 Å². The molecule has 0 fully saturated rings. The van der Waals surface area contributed by atoms with Crippen molar-refractivity contribution in [1.82, 2.24) is 9.55 Å². The van der Waals surface area contributed by atoms with Crippen molar-refractivity contribution in [2.75, 3.05) is 12.4 Å². The van der Waals surface area contributed by atoms with Gasteiger partial charge in [0.1, 0.15) is 0 Å². The highest BCUT2D eigenvalue weighted by molar-refractivity contribution is 7.14. The van der Waals surface area contributed by atoms with E-state index >= 15 is 0 Å². The third-order valence-electron chi connectivity index (χ3n) is 3.37. The molecule has 2 aromatic heterocycles. The van der Waals surface area contributed by atoms with Crippen LogP contribution in [-0.4, -0.2) is 16.6 Å². The normalized spacial score (nSPS) is 10.6. The van der Waals surface area contributed by atoms with E-state index in [1.54, 1.807) is 11.6 Å². The maximum absolute atomic E-state index is 12.6. The predicted octanol–water partition coefficient (Wildman–Crippen LogP) is 3.22. The molecule has 4 nitrogen and oxygen atoms in total. The summed E-state index contributed by atoms with van der Waals surface area (Å²) >= 11 is 1.49. The second-order valence-electron chi connectivity index (χ2n) is 4.65. The highest BCUT2D eigenvalue weighted by Crippen LogP contribution is 2.24. The van der Waals surface area contributed by atoms with Crippen LogP contribution < -0.4 is 10.9 Å². The van der Waals surface area contributed by atoms with Crippen molar-refractivity contribution >= 4 is 16.5 Å². The summed E-state index contributed by atoms with van der Waals surface area (Å²) in [5.74, 6) is 0. The number of pyridine rings is 1. The number of benzene rings is 1. The van der Waals surface area contributed by atoms with E-state index in [9.17, 15) is 4.79 Å². The standard InChI is InChI=1S/C16H15N3OS/c1-17-16-18-13(10-21-16)12-8-9-14(19(2)15(12)20)11-6-4-3-5-7-11/h3-10H,1-2H3,(H,17,18). The van der Waals surface area contributed by atoms with E-state index in [4.69, 9.17) is 0 Å². The fourth-order valence-electron chi connectivity index (χ4n) is 2.24. The summed E-state index contributed by atoms with van der Waals surface area (Å²) in [4.78, 5) is 17.0. The van der Waals surface area contributed by atoms with Gasteiger partial charge in [0.2, 0.25) is 0 Å². The zero-order valence-corrected chi connectivity index (χ0v) is 12.6. The molecule has 0 aliphatic carbocycles. The van der Waals surface area contributed by atoms with Crippen molar-refractivity contribution in [3.05, 3.63) is 58.2 Å². The number of aromatic nitrogens is 2. The number of nitrogens with zero attached hydrogens (tertiary/aromatic N) is 2. The molecular weight excluding hydrogens is 282 g/mol. The van der Waals surface area contributed by atoms with Gasteiger partial charge in [-0.1, -0.05) is 30.3 Å². The zero-order chi connectivity index (χ0) is 14.8. The van der Waals surface area contributed by atoms with Gasteiger partial charge in [-0.05, 0) is 17.7 Å². The summed E-state index contributed by atoms with van der Waals surface area (Å²) in [7, 11) is 3.61. The Balaban J connectivity index is 2.11. The average molecular weight is 297 g/mol. The van der Waals surface area contributed by atoms with E-state index in [1.807, 2.05) is 54.9 Å². The SMILES string of the molecule is CNc1nc(-c2ccc(-c3ccccc3)n(C)c2=O)cs1. The average Bonchev–Trinajstić information content (AvgIpc) is 2.99. The van der Waals surface area contributed by atoms with Crippen molar-refractivity contribution in [2.24, 2.45) is 7.05 Å². The molecule has 3 rings (SSSR count). The van der Waals surface area contributed by atoms with Crippen LogP contribution in [0.1, 0.15) is 0 Å². The van der Waals surface area contributed by atoms with E-state index < -0.39 is 0 Å². The number of hydrogen-bond donors (Lipinski definition) is 1. The lowest BCUT2D eigenvalue weighted by Gasteiger charge is -2.09. The highest BCUT2D eigenvalue weighted by atomic mass is 32.1. The van der Waals surface area contributed by atoms with Crippen LogP contribution in [0, 0.1) is 0 Å². The first-order valence-corrected chi connectivity index (χ1v) is 7.48. The summed E-state index contributed by atoms with van der Waals surface area (Å²) in [6.07, 6.45) is 0. The van der Waals surface area contributed by atoms with Crippen LogP contribution in [0.3, 0.4) is 0 Å². The lowest BCUT2D eigenvalue weighted by molar-refractivity contribution is 0.872. The summed E-state index contributed by atoms with van der Waals surface area (Å²) in [5, 5.41) is 5.69. The van der Waals surface area contributed by atoms with E-state index in [0.717, 1.165) is 16.4 Å². The minimum absolute atomic E-state index is 0.0377. The lowest BCUT2D eigenvalue weighted by Crippen LogP contribution is -2.20. The van der Waals surface area contributed by atoms with Gasteiger partial charge in [0, 0.05) is 19.5 Å². The fraction of sp³-hybridized carbons (Fsp3) is 0.125. The van der Waals surface area contributed by atoms with Gasteiger partial charge in [0.15, 0.2) is 5.13 Å². The molecule has 0 radical (unpaired) electrons. The highest BCUT2D eigenvalue weighted by Gasteiger charge is 2.11. The van der Waals surface area contributed by atoms with Crippen molar-refractivity contribution < 1.29 is 0 Å². The Bertz CT molecular complexity index is 821. The van der Waals surface area contributed by atoms with Gasteiger partial charge in [-0.15, -0.1) is 11.3 Å². The van der Waals surface area contributed by atoms with E-state index in [-0.39, 0.29) is 5.56 Å². The van der Waals surface area contributed by atoms with Crippen molar-refractivity contribution in [3.8, 4) is 22.5 Å². The van der Waals surface area contributed by atoms with E-state index in [1.165, 1.54) is 11.3 Å². The monoisotopic (exact) mass is 297 g/mol. The summed E-state index contributed by atoms with van der Waals surface area (Å²) in [5.41, 5.74) is 3.22. The minimum atomic E-state index is -0.0377. The Labute approximate surface area is 126 Å². The smallest absolute Gasteiger partial charge is 0.260 e. The molecule has 0 atom stereocenters. The Kier molecular flexibility index (Phi) is 3.58. The quantitative estimate of drug-likeness (QED) is 0.807. The Hall–Kier alpha value is -2.40. The first kappa shape index (κ1) is 13.6. The van der Waals surface area contributed by atoms with Crippen LogP contribution in [0.2, 0.25) is 0 Å². The molecule has 106 valence electrons. The minimum Gasteiger partial charge on any atom is -0.365 e. The van der Waals surface area contributed by atoms with Gasteiger partial charge in [-0.3, -0.25) is 4.79 Å². The second kappa shape index (κ2) is 5.54. The summed E-state index contributed by atoms with van der Waals surface area (Å²) < 4.78 is 1.67. The van der Waals surface area contributed by atoms with Crippen LogP contribution in [0.5, 0.6) is 0 Å². The number of hydrogen-bond acceptors (Lipinski definition) is 4. The second-order valence-corrected chi connectivity index (χ2v) is 5.51. The molecule has 0 unspecified atom stereocenters. The number of rotatable bonds is 3. The van der Waals surface area contributed by atoms with Crippen molar-refractivity contribution in [2.45, 2.75) is 0 Å². The predicted molar refractivity (Wildman–Crippen MR) is 87.8 cm³/mol. The number of thiazole rings is 1. The zero-order valence-electron chi connectivity index (χ0n) is 11.8. The van der Waals surface area contributed by atoms with Crippen LogP contribution in [0.4, 0.5) is 5.13 Å². The summed E-state index contributed by atoms with van der Waals surface area (Å²) in [6, 6.07) is 13.7. The van der Waals surface area contributed by atoms with Crippen LogP contribution in [0.15, 0.2) is 52.6 Å². The van der Waals surface area contributed by atoms with E-state index in [2.05, 4.69) is 10.3 Å². The van der Waals surface area contributed by atoms with Crippen LogP contribution in [-0.2, 0) is 7.05 Å². The molecule has 0 aliphatic heterocycles. The Morgan fingerprint density at radius 3 is 2.57 bits per heavy atom. The molecule has 0 saturated heterocycles. The molecule has 0 spiro atoms. The first-order valence-electron chi connectivity index (χ1n) is 6.60. The van der Waals surface area contributed by atoms with Crippen LogP contribution >= 0.6 is 11.3 Å². The third kappa shape index (κ3) is 2.48. The topological polar surface area (TPSA) is 46.9 Å². The maximum atomic E-state index is 12.6. The first-order chi connectivity index (χ1) is 10.2. The number of anilines is 1. The molecule has 0 amide bonds. The molecule has 5 heteroatoms. The Morgan fingerprint density at radius 2 is 1.90 bits per heavy atom.